The van der Waals surface area contributed by atoms with Crippen LogP contribution in [0.2, 0.25) is 0 Å². The largest absolute Gasteiger partial charge is 0.362 e. The summed E-state index contributed by atoms with van der Waals surface area (Å²) in [5.74, 6) is 0. The Kier molecular flexibility index (Phi) is 2.91. The Morgan fingerprint density at radius 3 is 2.62 bits per heavy atom. The molecule has 0 unspecified atom stereocenters. The second-order valence-electron chi connectivity index (χ2n) is 6.30. The van der Waals surface area contributed by atoms with Gasteiger partial charge in [-0.2, -0.15) is 0 Å². The molecule has 0 amide bonds. The van der Waals surface area contributed by atoms with E-state index in [2.05, 4.69) is 53.2 Å². The van der Waals surface area contributed by atoms with Gasteiger partial charge in [0.1, 0.15) is 5.66 Å². The average molecular weight is 278 g/mol. The second-order valence-corrected chi connectivity index (χ2v) is 6.30. The van der Waals surface area contributed by atoms with Gasteiger partial charge in [-0.15, -0.1) is 6.58 Å². The van der Waals surface area contributed by atoms with E-state index in [4.69, 9.17) is 0 Å². The molecular weight excluding hydrogens is 256 g/mol. The molecule has 1 aliphatic heterocycles. The zero-order valence-corrected chi connectivity index (χ0v) is 12.4. The molecule has 2 aliphatic rings. The molecule has 2 nitrogen and oxygen atoms in total. The Morgan fingerprint density at radius 1 is 1.10 bits per heavy atom. The van der Waals surface area contributed by atoms with Crippen LogP contribution >= 0.6 is 0 Å². The molecule has 1 heterocycles. The lowest BCUT2D eigenvalue weighted by molar-refractivity contribution is 0.312. The summed E-state index contributed by atoms with van der Waals surface area (Å²) in [6.07, 6.45) is 8.43. The summed E-state index contributed by atoms with van der Waals surface area (Å²) in [5, 5.41) is 6.57. The molecule has 0 saturated heterocycles. The molecule has 21 heavy (non-hydrogen) atoms. The summed E-state index contributed by atoms with van der Waals surface area (Å²) in [5.41, 5.74) is 2.74. The SMILES string of the molecule is C=CCN1c2cccc3cccc(c23)NC12CCCCC2. The number of nitrogens with one attached hydrogen (secondary N) is 1. The Hall–Kier alpha value is -1.96. The first kappa shape index (κ1) is 12.8. The van der Waals surface area contributed by atoms with Gasteiger partial charge in [0.05, 0.1) is 0 Å². The molecule has 2 aromatic carbocycles. The predicted octanol–water partition coefficient (Wildman–Crippen LogP) is 4.92. The first-order valence-corrected chi connectivity index (χ1v) is 8.03. The zero-order chi connectivity index (χ0) is 14.3. The van der Waals surface area contributed by atoms with Crippen LogP contribution in [0.4, 0.5) is 11.4 Å². The van der Waals surface area contributed by atoms with Crippen LogP contribution in [0.15, 0.2) is 49.1 Å². The van der Waals surface area contributed by atoms with Gasteiger partial charge in [0, 0.05) is 23.3 Å². The molecule has 1 fully saturated rings. The molecule has 1 saturated carbocycles. The molecule has 1 aliphatic carbocycles. The fourth-order valence-electron chi connectivity index (χ4n) is 4.13. The minimum atomic E-state index is 0.0784. The highest BCUT2D eigenvalue weighted by Gasteiger charge is 2.41. The number of hydrogen-bond acceptors (Lipinski definition) is 2. The third kappa shape index (κ3) is 1.85. The third-order valence-corrected chi connectivity index (χ3v) is 5.05. The molecule has 0 radical (unpaired) electrons. The van der Waals surface area contributed by atoms with Crippen molar-refractivity contribution in [1.29, 1.82) is 0 Å². The highest BCUT2D eigenvalue weighted by Crippen LogP contribution is 2.46. The molecule has 1 spiro atoms. The van der Waals surface area contributed by atoms with Gasteiger partial charge in [-0.25, -0.2) is 0 Å². The Morgan fingerprint density at radius 2 is 1.86 bits per heavy atom. The van der Waals surface area contributed by atoms with E-state index < -0.39 is 0 Å². The van der Waals surface area contributed by atoms with Crippen LogP contribution in [-0.2, 0) is 0 Å². The monoisotopic (exact) mass is 278 g/mol. The Bertz CT molecular complexity index is 678. The van der Waals surface area contributed by atoms with Crippen LogP contribution in [0.1, 0.15) is 32.1 Å². The molecule has 0 aromatic heterocycles. The van der Waals surface area contributed by atoms with E-state index in [1.54, 1.807) is 0 Å². The van der Waals surface area contributed by atoms with Gasteiger partial charge in [0.2, 0.25) is 0 Å². The molecule has 108 valence electrons. The van der Waals surface area contributed by atoms with E-state index in [-0.39, 0.29) is 5.66 Å². The van der Waals surface area contributed by atoms with Crippen molar-refractivity contribution in [3.05, 3.63) is 49.1 Å². The summed E-state index contributed by atoms with van der Waals surface area (Å²) >= 11 is 0. The van der Waals surface area contributed by atoms with E-state index >= 15 is 0 Å². The summed E-state index contributed by atoms with van der Waals surface area (Å²) in [6.45, 7) is 4.89. The molecular formula is C19H22N2. The van der Waals surface area contributed by atoms with Gasteiger partial charge >= 0.3 is 0 Å². The van der Waals surface area contributed by atoms with E-state index in [0.29, 0.717) is 0 Å². The van der Waals surface area contributed by atoms with E-state index in [1.165, 1.54) is 54.3 Å². The van der Waals surface area contributed by atoms with Crippen molar-refractivity contribution in [3.8, 4) is 0 Å². The standard InChI is InChI=1S/C19H22N2/c1-2-14-21-17-11-7-9-15-8-6-10-16(18(15)17)20-19(21)12-4-3-5-13-19/h2,6-11,20H,1,3-5,12-14H2. The zero-order valence-electron chi connectivity index (χ0n) is 12.4. The van der Waals surface area contributed by atoms with Crippen molar-refractivity contribution in [2.75, 3.05) is 16.8 Å². The first-order valence-electron chi connectivity index (χ1n) is 8.03. The number of nitrogens with zero attached hydrogens (tertiary/aromatic N) is 1. The number of rotatable bonds is 2. The number of hydrogen-bond donors (Lipinski definition) is 1. The minimum absolute atomic E-state index is 0.0784. The van der Waals surface area contributed by atoms with Crippen molar-refractivity contribution in [2.45, 2.75) is 37.8 Å². The molecule has 2 aromatic rings. The first-order chi connectivity index (χ1) is 10.3. The predicted molar refractivity (Wildman–Crippen MR) is 90.9 cm³/mol. The lowest BCUT2D eigenvalue weighted by atomic mass is 9.84. The number of benzene rings is 2. The molecule has 4 rings (SSSR count). The van der Waals surface area contributed by atoms with E-state index in [1.807, 2.05) is 6.08 Å². The van der Waals surface area contributed by atoms with Crippen molar-refractivity contribution in [3.63, 3.8) is 0 Å². The minimum Gasteiger partial charge on any atom is -0.362 e. The van der Waals surface area contributed by atoms with Gasteiger partial charge in [-0.1, -0.05) is 36.8 Å². The summed E-state index contributed by atoms with van der Waals surface area (Å²) in [6, 6.07) is 13.2. The maximum atomic E-state index is 3.98. The van der Waals surface area contributed by atoms with Crippen molar-refractivity contribution in [1.82, 2.24) is 0 Å². The van der Waals surface area contributed by atoms with Crippen LogP contribution < -0.4 is 10.2 Å². The van der Waals surface area contributed by atoms with Crippen molar-refractivity contribution >= 4 is 22.1 Å². The topological polar surface area (TPSA) is 15.3 Å². The smallest absolute Gasteiger partial charge is 0.110 e. The lowest BCUT2D eigenvalue weighted by Gasteiger charge is -2.51. The molecule has 2 heteroatoms. The van der Waals surface area contributed by atoms with Crippen LogP contribution in [0, 0.1) is 0 Å². The summed E-state index contributed by atoms with van der Waals surface area (Å²) < 4.78 is 0. The van der Waals surface area contributed by atoms with Crippen molar-refractivity contribution < 1.29 is 0 Å². The summed E-state index contributed by atoms with van der Waals surface area (Å²) in [7, 11) is 0. The van der Waals surface area contributed by atoms with Gasteiger partial charge in [0.15, 0.2) is 0 Å². The lowest BCUT2D eigenvalue weighted by Crippen LogP contribution is -2.57. The van der Waals surface area contributed by atoms with Gasteiger partial charge < -0.3 is 10.2 Å². The van der Waals surface area contributed by atoms with Gasteiger partial charge in [0.25, 0.3) is 0 Å². The van der Waals surface area contributed by atoms with Crippen LogP contribution in [-0.4, -0.2) is 12.2 Å². The average Bonchev–Trinajstić information content (AvgIpc) is 2.52. The summed E-state index contributed by atoms with van der Waals surface area (Å²) in [4.78, 5) is 2.55. The highest BCUT2D eigenvalue weighted by atomic mass is 15.3. The van der Waals surface area contributed by atoms with Crippen LogP contribution in [0.3, 0.4) is 0 Å². The van der Waals surface area contributed by atoms with Gasteiger partial charge in [-0.05, 0) is 43.2 Å². The van der Waals surface area contributed by atoms with E-state index in [9.17, 15) is 0 Å². The van der Waals surface area contributed by atoms with Crippen molar-refractivity contribution in [2.24, 2.45) is 0 Å². The maximum Gasteiger partial charge on any atom is 0.110 e. The normalized spacial score (nSPS) is 19.5. The van der Waals surface area contributed by atoms with Crippen LogP contribution in [0.5, 0.6) is 0 Å². The Balaban J connectivity index is 1.94. The quantitative estimate of drug-likeness (QED) is 0.784. The molecule has 0 bridgehead atoms. The fraction of sp³-hybridized carbons (Fsp3) is 0.368. The molecule has 1 N–H and O–H groups in total. The van der Waals surface area contributed by atoms with Gasteiger partial charge in [-0.3, -0.25) is 0 Å². The Labute approximate surface area is 126 Å². The highest BCUT2D eigenvalue weighted by molar-refractivity contribution is 6.05. The van der Waals surface area contributed by atoms with Crippen LogP contribution in [0.25, 0.3) is 10.8 Å². The number of anilines is 2. The van der Waals surface area contributed by atoms with E-state index in [0.717, 1.165) is 6.54 Å². The molecule has 0 atom stereocenters. The second kappa shape index (κ2) is 4.80. The third-order valence-electron chi connectivity index (χ3n) is 5.05. The fourth-order valence-corrected chi connectivity index (χ4v) is 4.13. The maximum absolute atomic E-state index is 3.98.